The summed E-state index contributed by atoms with van der Waals surface area (Å²) in [6.45, 7) is 0. The summed E-state index contributed by atoms with van der Waals surface area (Å²) in [6, 6.07) is 28.3. The van der Waals surface area contributed by atoms with Crippen molar-refractivity contribution in [1.29, 1.82) is 0 Å². The molecule has 4 aromatic rings. The number of benzene rings is 4. The Morgan fingerprint density at radius 2 is 1.38 bits per heavy atom. The van der Waals surface area contributed by atoms with Crippen LogP contribution < -0.4 is 20.8 Å². The van der Waals surface area contributed by atoms with Crippen LogP contribution in [0, 0.1) is 0 Å². The molecular weight excluding hydrogens is 564 g/mol. The van der Waals surface area contributed by atoms with Crippen molar-refractivity contribution in [2.75, 3.05) is 10.6 Å². The zero-order valence-electron chi connectivity index (χ0n) is 20.3. The van der Waals surface area contributed by atoms with Crippen molar-refractivity contribution in [2.24, 2.45) is 5.10 Å². The molecular formula is C29H21BrN4O5. The second kappa shape index (κ2) is 12.9. The number of amides is 3. The third kappa shape index (κ3) is 7.70. The first kappa shape index (κ1) is 27.0. The largest absolute Gasteiger partial charge is 0.423 e. The minimum absolute atomic E-state index is 0.170. The summed E-state index contributed by atoms with van der Waals surface area (Å²) in [5.74, 6) is -2.63. The molecule has 0 saturated carbocycles. The number of anilines is 2. The number of hydrazone groups is 1. The third-order valence-corrected chi connectivity index (χ3v) is 5.74. The normalized spacial score (nSPS) is 10.5. The SMILES string of the molecule is O=C(N/N=C/c1ccc(OC(=O)c2ccc(Br)cc2)cc1)C(=O)Nc1ccccc1C(=O)Nc1ccccc1. The summed E-state index contributed by atoms with van der Waals surface area (Å²) in [7, 11) is 0. The average molecular weight is 585 g/mol. The van der Waals surface area contributed by atoms with Crippen LogP contribution in [-0.4, -0.2) is 29.9 Å². The number of nitrogens with zero attached hydrogens (tertiary/aromatic N) is 1. The van der Waals surface area contributed by atoms with Crippen molar-refractivity contribution in [3.63, 3.8) is 0 Å². The third-order valence-electron chi connectivity index (χ3n) is 5.21. The molecule has 194 valence electrons. The smallest absolute Gasteiger partial charge is 0.343 e. The molecule has 3 amide bonds. The van der Waals surface area contributed by atoms with E-state index in [1.165, 1.54) is 18.3 Å². The number of halogens is 1. The van der Waals surface area contributed by atoms with Gasteiger partial charge in [0.1, 0.15) is 5.75 Å². The number of ether oxygens (including phenoxy) is 1. The van der Waals surface area contributed by atoms with E-state index in [1.807, 2.05) is 6.07 Å². The van der Waals surface area contributed by atoms with Gasteiger partial charge in [-0.1, -0.05) is 46.3 Å². The lowest BCUT2D eigenvalue weighted by Gasteiger charge is -2.11. The number of carbonyl (C=O) groups is 4. The number of rotatable bonds is 7. The van der Waals surface area contributed by atoms with Crippen LogP contribution >= 0.6 is 15.9 Å². The standard InChI is InChI=1S/C29H21BrN4O5/c30-21-14-12-20(13-15-21)29(38)39-23-16-10-19(11-17-23)18-31-34-28(37)27(36)33-25-9-5-4-8-24(25)26(35)32-22-6-2-1-3-7-22/h1-18H,(H,32,35)(H,33,36)(H,34,37)/b31-18+. The van der Waals surface area contributed by atoms with Crippen molar-refractivity contribution < 1.29 is 23.9 Å². The fourth-order valence-electron chi connectivity index (χ4n) is 3.28. The maximum atomic E-state index is 12.7. The Labute approximate surface area is 232 Å². The second-order valence-corrected chi connectivity index (χ2v) is 8.90. The van der Waals surface area contributed by atoms with Crippen LogP contribution in [0.15, 0.2) is 113 Å². The fourth-order valence-corrected chi connectivity index (χ4v) is 3.54. The van der Waals surface area contributed by atoms with E-state index in [0.717, 1.165) is 4.47 Å². The van der Waals surface area contributed by atoms with Gasteiger partial charge < -0.3 is 15.4 Å². The van der Waals surface area contributed by atoms with Gasteiger partial charge in [-0.15, -0.1) is 0 Å². The van der Waals surface area contributed by atoms with Crippen molar-refractivity contribution in [3.8, 4) is 5.75 Å². The van der Waals surface area contributed by atoms with Crippen molar-refractivity contribution in [1.82, 2.24) is 5.43 Å². The Bertz CT molecular complexity index is 1520. The predicted molar refractivity (Wildman–Crippen MR) is 151 cm³/mol. The van der Waals surface area contributed by atoms with Crippen LogP contribution in [0.4, 0.5) is 11.4 Å². The molecule has 0 atom stereocenters. The molecule has 0 unspecified atom stereocenters. The molecule has 9 nitrogen and oxygen atoms in total. The van der Waals surface area contributed by atoms with E-state index in [2.05, 4.69) is 37.1 Å². The van der Waals surface area contributed by atoms with Gasteiger partial charge >= 0.3 is 17.8 Å². The van der Waals surface area contributed by atoms with Crippen LogP contribution in [0.25, 0.3) is 0 Å². The van der Waals surface area contributed by atoms with Gasteiger partial charge in [0.2, 0.25) is 0 Å². The number of nitrogens with one attached hydrogen (secondary N) is 3. The number of hydrogen-bond donors (Lipinski definition) is 3. The second-order valence-electron chi connectivity index (χ2n) is 7.98. The lowest BCUT2D eigenvalue weighted by atomic mass is 10.1. The first-order valence-electron chi connectivity index (χ1n) is 11.6. The topological polar surface area (TPSA) is 126 Å². The summed E-state index contributed by atoms with van der Waals surface area (Å²) in [5, 5.41) is 8.95. The minimum Gasteiger partial charge on any atom is -0.423 e. The molecule has 0 aliphatic heterocycles. The first-order valence-corrected chi connectivity index (χ1v) is 12.4. The Balaban J connectivity index is 1.30. The summed E-state index contributed by atoms with van der Waals surface area (Å²) in [4.78, 5) is 49.5. The maximum absolute atomic E-state index is 12.7. The molecule has 0 saturated heterocycles. The zero-order chi connectivity index (χ0) is 27.6. The number of esters is 1. The molecule has 3 N–H and O–H groups in total. The van der Waals surface area contributed by atoms with Crippen molar-refractivity contribution >= 4 is 57.2 Å². The minimum atomic E-state index is -1.02. The summed E-state index contributed by atoms with van der Waals surface area (Å²) < 4.78 is 6.19. The molecule has 10 heteroatoms. The van der Waals surface area contributed by atoms with E-state index in [9.17, 15) is 19.2 Å². The van der Waals surface area contributed by atoms with Crippen LogP contribution in [0.5, 0.6) is 5.75 Å². The Kier molecular flexibility index (Phi) is 8.94. The molecule has 0 aliphatic rings. The Morgan fingerprint density at radius 1 is 0.718 bits per heavy atom. The van der Waals surface area contributed by atoms with E-state index >= 15 is 0 Å². The lowest BCUT2D eigenvalue weighted by molar-refractivity contribution is -0.136. The van der Waals surface area contributed by atoms with Gasteiger partial charge in [0, 0.05) is 10.2 Å². The number of carbonyl (C=O) groups excluding carboxylic acids is 4. The average Bonchev–Trinajstić information content (AvgIpc) is 2.95. The van der Waals surface area contributed by atoms with Crippen LogP contribution in [0.1, 0.15) is 26.3 Å². The van der Waals surface area contributed by atoms with E-state index in [-0.39, 0.29) is 11.3 Å². The summed E-state index contributed by atoms with van der Waals surface area (Å²) in [5.41, 5.74) is 4.08. The first-order chi connectivity index (χ1) is 18.9. The summed E-state index contributed by atoms with van der Waals surface area (Å²) >= 11 is 3.31. The van der Waals surface area contributed by atoms with Crippen LogP contribution in [0.2, 0.25) is 0 Å². The van der Waals surface area contributed by atoms with Gasteiger partial charge in [0.05, 0.1) is 23.0 Å². The molecule has 0 aliphatic carbocycles. The number of hydrogen-bond acceptors (Lipinski definition) is 6. The van der Waals surface area contributed by atoms with E-state index in [1.54, 1.807) is 84.9 Å². The highest BCUT2D eigenvalue weighted by atomic mass is 79.9. The Hall–Kier alpha value is -5.09. The van der Waals surface area contributed by atoms with Gasteiger partial charge in [-0.25, -0.2) is 10.2 Å². The summed E-state index contributed by atoms with van der Waals surface area (Å²) in [6.07, 6.45) is 1.33. The Morgan fingerprint density at radius 3 is 2.10 bits per heavy atom. The molecule has 0 fully saturated rings. The number of para-hydroxylation sites is 2. The molecule has 4 rings (SSSR count). The van der Waals surface area contributed by atoms with E-state index in [0.29, 0.717) is 22.6 Å². The highest BCUT2D eigenvalue weighted by Crippen LogP contribution is 2.18. The van der Waals surface area contributed by atoms with Gasteiger partial charge in [-0.3, -0.25) is 14.4 Å². The van der Waals surface area contributed by atoms with Gasteiger partial charge in [-0.2, -0.15) is 5.10 Å². The monoisotopic (exact) mass is 584 g/mol. The highest BCUT2D eigenvalue weighted by Gasteiger charge is 2.18. The molecule has 39 heavy (non-hydrogen) atoms. The molecule has 0 bridgehead atoms. The molecule has 0 radical (unpaired) electrons. The molecule has 0 heterocycles. The maximum Gasteiger partial charge on any atom is 0.343 e. The van der Waals surface area contributed by atoms with Gasteiger partial charge in [0.15, 0.2) is 0 Å². The molecule has 0 aromatic heterocycles. The van der Waals surface area contributed by atoms with Crippen LogP contribution in [0.3, 0.4) is 0 Å². The molecule has 0 spiro atoms. The quantitative estimate of drug-likeness (QED) is 0.0925. The predicted octanol–water partition coefficient (Wildman–Crippen LogP) is 5.01. The van der Waals surface area contributed by atoms with Crippen LogP contribution in [-0.2, 0) is 9.59 Å². The van der Waals surface area contributed by atoms with Crippen molar-refractivity contribution in [3.05, 3.63) is 124 Å². The van der Waals surface area contributed by atoms with E-state index < -0.39 is 23.7 Å². The highest BCUT2D eigenvalue weighted by molar-refractivity contribution is 9.10. The van der Waals surface area contributed by atoms with Gasteiger partial charge in [0.25, 0.3) is 5.91 Å². The van der Waals surface area contributed by atoms with Gasteiger partial charge in [-0.05, 0) is 78.4 Å². The van der Waals surface area contributed by atoms with E-state index in [4.69, 9.17) is 4.74 Å². The lowest BCUT2D eigenvalue weighted by Crippen LogP contribution is -2.33. The van der Waals surface area contributed by atoms with Crippen molar-refractivity contribution in [2.45, 2.75) is 0 Å². The molecule has 4 aromatic carbocycles. The fraction of sp³-hybridized carbons (Fsp3) is 0. The zero-order valence-corrected chi connectivity index (χ0v) is 21.8.